The van der Waals surface area contributed by atoms with E-state index in [1.807, 2.05) is 37.3 Å². The number of oxazole rings is 1. The van der Waals surface area contributed by atoms with Gasteiger partial charge in [0.1, 0.15) is 12.3 Å². The number of hydrogen-bond acceptors (Lipinski definition) is 4. The average molecular weight is 259 g/mol. The third kappa shape index (κ3) is 3.82. The molecular weight excluding hydrogens is 242 g/mol. The molecule has 19 heavy (non-hydrogen) atoms. The summed E-state index contributed by atoms with van der Waals surface area (Å²) in [5.41, 5.74) is 3.41. The molecule has 2 rings (SSSR count). The fourth-order valence-electron chi connectivity index (χ4n) is 1.51. The molecule has 0 aliphatic rings. The molecule has 1 heterocycles. The van der Waals surface area contributed by atoms with Gasteiger partial charge in [0.2, 0.25) is 11.9 Å². The normalized spacial score (nSPS) is 11.4. The number of aryl methyl sites for hydroxylation is 1. The summed E-state index contributed by atoms with van der Waals surface area (Å²) < 4.78 is 5.46. The number of rotatable bonds is 4. The van der Waals surface area contributed by atoms with E-state index in [1.54, 1.807) is 6.20 Å². The van der Waals surface area contributed by atoms with Crippen molar-refractivity contribution in [2.24, 2.45) is 10.8 Å². The fourth-order valence-corrected chi connectivity index (χ4v) is 1.51. The maximum atomic E-state index is 5.46. The number of hydrazine groups is 1. The molecule has 0 spiro atoms. The summed E-state index contributed by atoms with van der Waals surface area (Å²) in [5.74, 6) is 7.30. The summed E-state index contributed by atoms with van der Waals surface area (Å²) in [5, 5.41) is 3.06. The molecule has 100 valence electrons. The summed E-state index contributed by atoms with van der Waals surface area (Å²) in [7, 11) is 0. The minimum Gasteiger partial charge on any atom is -0.444 e. The summed E-state index contributed by atoms with van der Waals surface area (Å²) in [6.07, 6.45) is 2.53. The molecule has 6 heteroatoms. The molecule has 1 aromatic carbocycles. The van der Waals surface area contributed by atoms with Gasteiger partial charge >= 0.3 is 0 Å². The maximum Gasteiger partial charge on any atom is 0.216 e. The van der Waals surface area contributed by atoms with Crippen molar-refractivity contribution in [3.05, 3.63) is 48.2 Å². The molecule has 0 atom stereocenters. The third-order valence-electron chi connectivity index (χ3n) is 2.50. The van der Waals surface area contributed by atoms with E-state index in [9.17, 15) is 0 Å². The highest BCUT2D eigenvalue weighted by molar-refractivity contribution is 5.93. The highest BCUT2D eigenvalue weighted by atomic mass is 16.4. The van der Waals surface area contributed by atoms with Gasteiger partial charge in [-0.25, -0.2) is 15.8 Å². The second kappa shape index (κ2) is 6.55. The van der Waals surface area contributed by atoms with Crippen molar-refractivity contribution in [3.63, 3.8) is 0 Å². The Morgan fingerprint density at radius 2 is 2.16 bits per heavy atom. The van der Waals surface area contributed by atoms with Crippen molar-refractivity contribution >= 4 is 11.6 Å². The van der Waals surface area contributed by atoms with Crippen molar-refractivity contribution in [3.8, 4) is 0 Å². The van der Waals surface area contributed by atoms with Crippen LogP contribution in [0.1, 0.15) is 18.6 Å². The fraction of sp³-hybridized carbons (Fsp3) is 0.231. The van der Waals surface area contributed by atoms with Gasteiger partial charge in [-0.1, -0.05) is 25.1 Å². The number of benzene rings is 1. The predicted octanol–water partition coefficient (Wildman–Crippen LogP) is 1.67. The number of aliphatic imine (C=N–C) groups is 1. The Morgan fingerprint density at radius 3 is 2.79 bits per heavy atom. The van der Waals surface area contributed by atoms with Crippen molar-refractivity contribution in [2.75, 3.05) is 5.32 Å². The highest BCUT2D eigenvalue weighted by Crippen LogP contribution is 2.07. The van der Waals surface area contributed by atoms with E-state index >= 15 is 0 Å². The van der Waals surface area contributed by atoms with Gasteiger partial charge in [-0.2, -0.15) is 0 Å². The molecule has 0 aliphatic heterocycles. The number of nitrogens with one attached hydrogen (secondary N) is 2. The van der Waals surface area contributed by atoms with E-state index in [0.717, 1.165) is 17.9 Å². The summed E-state index contributed by atoms with van der Waals surface area (Å²) in [6.45, 7) is 2.34. The molecule has 0 radical (unpaired) electrons. The first-order valence-corrected chi connectivity index (χ1v) is 6.08. The number of hydrogen-bond donors (Lipinski definition) is 3. The van der Waals surface area contributed by atoms with Crippen LogP contribution in [0.15, 0.2) is 45.9 Å². The topological polar surface area (TPSA) is 88.5 Å². The van der Waals surface area contributed by atoms with Crippen molar-refractivity contribution in [1.82, 2.24) is 10.4 Å². The number of nitrogens with zero attached hydrogens (tertiary/aromatic N) is 2. The van der Waals surface area contributed by atoms with E-state index in [-0.39, 0.29) is 0 Å². The molecule has 0 aliphatic carbocycles. The lowest BCUT2D eigenvalue weighted by Crippen LogP contribution is -2.36. The van der Waals surface area contributed by atoms with Gasteiger partial charge in [0.05, 0.1) is 6.20 Å². The largest absolute Gasteiger partial charge is 0.444 e. The van der Waals surface area contributed by atoms with Gasteiger partial charge in [0, 0.05) is 12.1 Å². The van der Waals surface area contributed by atoms with Crippen LogP contribution in [0.2, 0.25) is 0 Å². The first-order chi connectivity index (χ1) is 9.31. The van der Waals surface area contributed by atoms with Crippen molar-refractivity contribution < 1.29 is 4.42 Å². The molecule has 0 saturated carbocycles. The molecule has 2 aromatic rings. The van der Waals surface area contributed by atoms with Gasteiger partial charge in [-0.3, -0.25) is 5.43 Å². The zero-order chi connectivity index (χ0) is 13.5. The lowest BCUT2D eigenvalue weighted by Gasteiger charge is -2.08. The standard InChI is InChI=1S/C13H17N5O/c1-2-11-8-15-12(19-11)9-16-13(18-14)17-10-6-4-3-5-7-10/h3-8H,2,9,14H2,1H3,(H2,16,17,18). The zero-order valence-corrected chi connectivity index (χ0v) is 10.8. The molecule has 0 amide bonds. The van der Waals surface area contributed by atoms with Crippen molar-refractivity contribution in [1.29, 1.82) is 0 Å². The van der Waals surface area contributed by atoms with E-state index < -0.39 is 0 Å². The minimum atomic E-state index is 0.333. The monoisotopic (exact) mass is 259 g/mol. The lowest BCUT2D eigenvalue weighted by atomic mass is 10.3. The summed E-state index contributed by atoms with van der Waals surface area (Å²) in [6, 6.07) is 9.65. The molecule has 1 aromatic heterocycles. The molecule has 6 nitrogen and oxygen atoms in total. The van der Waals surface area contributed by atoms with Gasteiger partial charge in [0.15, 0.2) is 0 Å². The van der Waals surface area contributed by atoms with Crippen LogP contribution < -0.4 is 16.6 Å². The Balaban J connectivity index is 1.99. The van der Waals surface area contributed by atoms with Crippen LogP contribution in [-0.2, 0) is 13.0 Å². The highest BCUT2D eigenvalue weighted by Gasteiger charge is 2.02. The van der Waals surface area contributed by atoms with Crippen LogP contribution in [-0.4, -0.2) is 10.9 Å². The van der Waals surface area contributed by atoms with Crippen LogP contribution >= 0.6 is 0 Å². The molecule has 0 unspecified atom stereocenters. The van der Waals surface area contributed by atoms with Crippen LogP contribution in [0.5, 0.6) is 0 Å². The number of para-hydroxylation sites is 1. The smallest absolute Gasteiger partial charge is 0.216 e. The van der Waals surface area contributed by atoms with Gasteiger partial charge in [-0.15, -0.1) is 0 Å². The Labute approximate surface area is 111 Å². The van der Waals surface area contributed by atoms with Crippen molar-refractivity contribution in [2.45, 2.75) is 19.9 Å². The third-order valence-corrected chi connectivity index (χ3v) is 2.50. The Morgan fingerprint density at radius 1 is 1.37 bits per heavy atom. The van der Waals surface area contributed by atoms with E-state index in [1.165, 1.54) is 0 Å². The molecule has 0 saturated heterocycles. The van der Waals surface area contributed by atoms with Crippen LogP contribution in [0, 0.1) is 0 Å². The predicted molar refractivity (Wildman–Crippen MR) is 74.4 cm³/mol. The van der Waals surface area contributed by atoms with Crippen LogP contribution in [0.3, 0.4) is 0 Å². The SMILES string of the molecule is CCc1cnc(CN=C(NN)Nc2ccccc2)o1. The first kappa shape index (κ1) is 13.1. The average Bonchev–Trinajstić information content (AvgIpc) is 2.92. The van der Waals surface area contributed by atoms with E-state index in [0.29, 0.717) is 18.4 Å². The van der Waals surface area contributed by atoms with Gasteiger partial charge < -0.3 is 9.73 Å². The van der Waals surface area contributed by atoms with Crippen LogP contribution in [0.4, 0.5) is 5.69 Å². The zero-order valence-electron chi connectivity index (χ0n) is 10.8. The summed E-state index contributed by atoms with van der Waals surface area (Å²) >= 11 is 0. The molecule has 0 bridgehead atoms. The Bertz CT molecular complexity index is 535. The van der Waals surface area contributed by atoms with Gasteiger partial charge in [0.25, 0.3) is 0 Å². The molecule has 4 N–H and O–H groups in total. The van der Waals surface area contributed by atoms with E-state index in [2.05, 4.69) is 20.7 Å². The number of anilines is 1. The Kier molecular flexibility index (Phi) is 4.52. The quantitative estimate of drug-likeness (QED) is 0.336. The molecular formula is C13H17N5O. The minimum absolute atomic E-state index is 0.333. The second-order valence-electron chi connectivity index (χ2n) is 3.87. The molecule has 0 fully saturated rings. The number of guanidine groups is 1. The Hall–Kier alpha value is -2.34. The first-order valence-electron chi connectivity index (χ1n) is 6.08. The number of aromatic nitrogens is 1. The maximum absolute atomic E-state index is 5.46. The lowest BCUT2D eigenvalue weighted by molar-refractivity contribution is 0.461. The summed E-state index contributed by atoms with van der Waals surface area (Å²) in [4.78, 5) is 8.40. The van der Waals surface area contributed by atoms with E-state index in [4.69, 9.17) is 10.3 Å². The van der Waals surface area contributed by atoms with Crippen LogP contribution in [0.25, 0.3) is 0 Å². The number of nitrogens with two attached hydrogens (primary N) is 1. The second-order valence-corrected chi connectivity index (χ2v) is 3.87. The van der Waals surface area contributed by atoms with Gasteiger partial charge in [-0.05, 0) is 12.1 Å².